The van der Waals surface area contributed by atoms with Gasteiger partial charge < -0.3 is 5.32 Å². The Bertz CT molecular complexity index is 682. The van der Waals surface area contributed by atoms with E-state index in [1.54, 1.807) is 30.3 Å². The summed E-state index contributed by atoms with van der Waals surface area (Å²) in [6.07, 6.45) is 4.45. The van der Waals surface area contributed by atoms with Gasteiger partial charge in [0.05, 0.1) is 16.8 Å². The van der Waals surface area contributed by atoms with Crippen molar-refractivity contribution in [1.29, 1.82) is 0 Å². The maximum atomic E-state index is 11.7. The molecule has 0 radical (unpaired) electrons. The number of nitrogens with zero attached hydrogens (tertiary/aromatic N) is 2. The number of benzene rings is 1. The summed E-state index contributed by atoms with van der Waals surface area (Å²) in [6, 6.07) is 9.35. The Labute approximate surface area is 128 Å². The quantitative estimate of drug-likeness (QED) is 0.397. The first kappa shape index (κ1) is 14.9. The third-order valence-electron chi connectivity index (χ3n) is 2.53. The fourth-order valence-corrected chi connectivity index (χ4v) is 1.75. The Hall–Kier alpha value is -2.54. The van der Waals surface area contributed by atoms with Gasteiger partial charge in [-0.2, -0.15) is 0 Å². The highest BCUT2D eigenvalue weighted by molar-refractivity contribution is 9.10. The van der Waals surface area contributed by atoms with Crippen LogP contribution < -0.4 is 5.32 Å². The van der Waals surface area contributed by atoms with Gasteiger partial charge in [-0.3, -0.25) is 14.9 Å². The Morgan fingerprint density at radius 3 is 2.52 bits per heavy atom. The number of nitro benzene ring substituents is 1. The van der Waals surface area contributed by atoms with Gasteiger partial charge in [0.15, 0.2) is 0 Å². The van der Waals surface area contributed by atoms with Crippen LogP contribution in [0.15, 0.2) is 53.3 Å². The van der Waals surface area contributed by atoms with Crippen LogP contribution in [-0.2, 0) is 4.79 Å². The molecule has 21 heavy (non-hydrogen) atoms. The van der Waals surface area contributed by atoms with Gasteiger partial charge in [-0.05, 0) is 51.8 Å². The zero-order chi connectivity index (χ0) is 15.2. The largest absolute Gasteiger partial charge is 0.321 e. The summed E-state index contributed by atoms with van der Waals surface area (Å²) in [5.74, 6) is -0.308. The van der Waals surface area contributed by atoms with Gasteiger partial charge in [0.25, 0.3) is 5.69 Å². The van der Waals surface area contributed by atoms with Crippen LogP contribution in [0.5, 0.6) is 0 Å². The van der Waals surface area contributed by atoms with E-state index in [-0.39, 0.29) is 11.6 Å². The minimum atomic E-state index is -0.471. The van der Waals surface area contributed by atoms with Crippen molar-refractivity contribution in [1.82, 2.24) is 4.98 Å². The number of nitrogens with one attached hydrogen (secondary N) is 1. The summed E-state index contributed by atoms with van der Waals surface area (Å²) >= 11 is 3.20. The van der Waals surface area contributed by atoms with Gasteiger partial charge in [-0.15, -0.1) is 0 Å². The molecule has 1 heterocycles. The van der Waals surface area contributed by atoms with Crippen molar-refractivity contribution in [3.05, 3.63) is 69.0 Å². The number of anilines is 1. The highest BCUT2D eigenvalue weighted by Gasteiger charge is 2.03. The summed E-state index contributed by atoms with van der Waals surface area (Å²) in [5.41, 5.74) is 1.29. The number of carbonyl (C=O) groups is 1. The van der Waals surface area contributed by atoms with Crippen molar-refractivity contribution in [2.45, 2.75) is 0 Å². The van der Waals surface area contributed by atoms with E-state index < -0.39 is 4.92 Å². The molecular formula is C14H10BrN3O3. The number of halogens is 1. The van der Waals surface area contributed by atoms with Crippen molar-refractivity contribution < 1.29 is 9.72 Å². The van der Waals surface area contributed by atoms with Crippen LogP contribution in [0.25, 0.3) is 6.08 Å². The topological polar surface area (TPSA) is 85.1 Å². The number of hydrogen-bond acceptors (Lipinski definition) is 4. The van der Waals surface area contributed by atoms with E-state index in [4.69, 9.17) is 0 Å². The van der Waals surface area contributed by atoms with Crippen molar-refractivity contribution in [2.24, 2.45) is 0 Å². The second-order valence-electron chi connectivity index (χ2n) is 4.04. The van der Waals surface area contributed by atoms with Crippen molar-refractivity contribution in [3.8, 4) is 0 Å². The lowest BCUT2D eigenvalue weighted by Gasteiger charge is -2.01. The third-order valence-corrected chi connectivity index (χ3v) is 3.00. The zero-order valence-electron chi connectivity index (χ0n) is 10.7. The molecule has 1 N–H and O–H groups in total. The third kappa shape index (κ3) is 4.50. The Morgan fingerprint density at radius 1 is 1.24 bits per heavy atom. The predicted octanol–water partition coefficient (Wildman–Crippen LogP) is 3.40. The molecule has 0 aliphatic rings. The van der Waals surface area contributed by atoms with Crippen LogP contribution in [0.1, 0.15) is 5.56 Å². The first-order chi connectivity index (χ1) is 10.0. The molecule has 1 aromatic carbocycles. The van der Waals surface area contributed by atoms with E-state index in [9.17, 15) is 14.9 Å². The molecule has 2 aromatic rings. The molecular weight excluding hydrogens is 338 g/mol. The highest BCUT2D eigenvalue weighted by Crippen LogP contribution is 2.13. The highest BCUT2D eigenvalue weighted by atomic mass is 79.9. The minimum absolute atomic E-state index is 0.0116. The molecule has 0 spiro atoms. The molecule has 0 unspecified atom stereocenters. The molecule has 0 saturated heterocycles. The second kappa shape index (κ2) is 6.76. The van der Waals surface area contributed by atoms with Gasteiger partial charge in [0.2, 0.25) is 5.91 Å². The summed E-state index contributed by atoms with van der Waals surface area (Å²) in [4.78, 5) is 25.7. The van der Waals surface area contributed by atoms with Crippen LogP contribution in [0.4, 0.5) is 11.4 Å². The lowest BCUT2D eigenvalue weighted by molar-refractivity contribution is -0.384. The van der Waals surface area contributed by atoms with E-state index in [2.05, 4.69) is 26.2 Å². The van der Waals surface area contributed by atoms with Crippen LogP contribution >= 0.6 is 15.9 Å². The van der Waals surface area contributed by atoms with Gasteiger partial charge in [0, 0.05) is 18.2 Å². The van der Waals surface area contributed by atoms with Crippen LogP contribution in [0.3, 0.4) is 0 Å². The standard InChI is InChI=1S/C14H10BrN3O3/c15-13-7-4-11(9-16-13)17-14(19)8-3-10-1-5-12(6-2-10)18(20)21/h1-9H,(H,17,19)/b8-3+. The molecule has 0 saturated carbocycles. The molecule has 6 nitrogen and oxygen atoms in total. The summed E-state index contributed by atoms with van der Waals surface area (Å²) in [7, 11) is 0. The number of hydrogen-bond donors (Lipinski definition) is 1. The Balaban J connectivity index is 1.98. The van der Waals surface area contributed by atoms with E-state index in [0.29, 0.717) is 15.9 Å². The molecule has 0 aliphatic carbocycles. The number of nitro groups is 1. The molecule has 2 rings (SSSR count). The van der Waals surface area contributed by atoms with Gasteiger partial charge >= 0.3 is 0 Å². The molecule has 1 aromatic heterocycles. The molecule has 1 amide bonds. The first-order valence-electron chi connectivity index (χ1n) is 5.90. The predicted molar refractivity (Wildman–Crippen MR) is 82.7 cm³/mol. The van der Waals surface area contributed by atoms with Crippen molar-refractivity contribution in [3.63, 3.8) is 0 Å². The number of amides is 1. The SMILES string of the molecule is O=C(/C=C/c1ccc([N+](=O)[O-])cc1)Nc1ccc(Br)nc1. The molecule has 106 valence electrons. The van der Waals surface area contributed by atoms with E-state index >= 15 is 0 Å². The average Bonchev–Trinajstić information content (AvgIpc) is 2.48. The molecule has 0 bridgehead atoms. The zero-order valence-corrected chi connectivity index (χ0v) is 12.3. The maximum absolute atomic E-state index is 11.7. The molecule has 0 aliphatic heterocycles. The molecule has 7 heteroatoms. The minimum Gasteiger partial charge on any atom is -0.321 e. The first-order valence-corrected chi connectivity index (χ1v) is 6.69. The monoisotopic (exact) mass is 347 g/mol. The Kier molecular flexibility index (Phi) is 4.78. The molecule has 0 fully saturated rings. The van der Waals surface area contributed by atoms with Crippen LogP contribution in [-0.4, -0.2) is 15.8 Å². The lowest BCUT2D eigenvalue weighted by Crippen LogP contribution is -2.07. The maximum Gasteiger partial charge on any atom is 0.269 e. The summed E-state index contributed by atoms with van der Waals surface area (Å²) < 4.78 is 0.682. The van der Waals surface area contributed by atoms with Gasteiger partial charge in [-0.25, -0.2) is 4.98 Å². The number of aromatic nitrogens is 1. The van der Waals surface area contributed by atoms with Gasteiger partial charge in [-0.1, -0.05) is 0 Å². The fourth-order valence-electron chi connectivity index (χ4n) is 1.51. The fraction of sp³-hybridized carbons (Fsp3) is 0. The normalized spacial score (nSPS) is 10.5. The Morgan fingerprint density at radius 2 is 1.95 bits per heavy atom. The van der Waals surface area contributed by atoms with E-state index in [1.165, 1.54) is 24.4 Å². The number of pyridine rings is 1. The smallest absolute Gasteiger partial charge is 0.269 e. The van der Waals surface area contributed by atoms with E-state index in [1.807, 2.05) is 0 Å². The number of non-ortho nitro benzene ring substituents is 1. The number of carbonyl (C=O) groups excluding carboxylic acids is 1. The lowest BCUT2D eigenvalue weighted by atomic mass is 10.2. The molecule has 0 atom stereocenters. The van der Waals surface area contributed by atoms with Crippen LogP contribution in [0, 0.1) is 10.1 Å². The average molecular weight is 348 g/mol. The van der Waals surface area contributed by atoms with Crippen molar-refractivity contribution >= 4 is 39.3 Å². The summed E-state index contributed by atoms with van der Waals surface area (Å²) in [6.45, 7) is 0. The van der Waals surface area contributed by atoms with Gasteiger partial charge in [0.1, 0.15) is 4.60 Å². The van der Waals surface area contributed by atoms with Crippen molar-refractivity contribution in [2.75, 3.05) is 5.32 Å². The van der Waals surface area contributed by atoms with E-state index in [0.717, 1.165) is 0 Å². The second-order valence-corrected chi connectivity index (χ2v) is 4.85. The number of rotatable bonds is 4. The van der Waals surface area contributed by atoms with Crippen LogP contribution in [0.2, 0.25) is 0 Å². The summed E-state index contributed by atoms with van der Waals surface area (Å²) in [5, 5.41) is 13.2.